The summed E-state index contributed by atoms with van der Waals surface area (Å²) in [5.41, 5.74) is 1.12. The summed E-state index contributed by atoms with van der Waals surface area (Å²) in [4.78, 5) is 21.5. The van der Waals surface area contributed by atoms with Crippen molar-refractivity contribution < 1.29 is 14.7 Å². The molecular weight excluding hydrogens is 194 g/mol. The minimum absolute atomic E-state index is 0.0105. The summed E-state index contributed by atoms with van der Waals surface area (Å²) in [5, 5.41) is 11.2. The third-order valence-corrected chi connectivity index (χ3v) is 2.15. The molecule has 1 atom stereocenters. The summed E-state index contributed by atoms with van der Waals surface area (Å²) < 4.78 is 0. The molecule has 1 unspecified atom stereocenters. The lowest BCUT2D eigenvalue weighted by Gasteiger charge is -2.16. The Kier molecular flexibility index (Phi) is 4.09. The van der Waals surface area contributed by atoms with Gasteiger partial charge in [0.2, 0.25) is 5.91 Å². The summed E-state index contributed by atoms with van der Waals surface area (Å²) in [6.45, 7) is 1.96. The molecule has 0 aromatic heterocycles. The van der Waals surface area contributed by atoms with Crippen LogP contribution in [0.5, 0.6) is 0 Å². The Hall–Kier alpha value is -1.58. The van der Waals surface area contributed by atoms with Crippen LogP contribution in [0.1, 0.15) is 26.2 Å². The van der Waals surface area contributed by atoms with Crippen molar-refractivity contribution in [2.45, 2.75) is 32.2 Å². The number of hydrogen-bond acceptors (Lipinski definition) is 2. The Labute approximate surface area is 88.7 Å². The molecule has 1 rings (SSSR count). The lowest BCUT2D eigenvalue weighted by molar-refractivity contribution is -0.138. The van der Waals surface area contributed by atoms with E-state index < -0.39 is 5.97 Å². The van der Waals surface area contributed by atoms with Gasteiger partial charge in [-0.3, -0.25) is 9.59 Å². The molecule has 0 bridgehead atoms. The number of carbonyl (C=O) groups excluding carboxylic acids is 1. The van der Waals surface area contributed by atoms with E-state index in [1.807, 2.05) is 25.2 Å². The van der Waals surface area contributed by atoms with E-state index in [0.29, 0.717) is 0 Å². The molecule has 1 aliphatic carbocycles. The van der Waals surface area contributed by atoms with Gasteiger partial charge in [0.15, 0.2) is 0 Å². The SMILES string of the molecule is CC1=CC(NC(=O)CCC(=O)O)CC=C1. The molecule has 1 amide bonds. The molecule has 0 aromatic rings. The first-order valence-electron chi connectivity index (χ1n) is 4.94. The summed E-state index contributed by atoms with van der Waals surface area (Å²) >= 11 is 0. The van der Waals surface area contributed by atoms with Gasteiger partial charge in [-0.15, -0.1) is 0 Å². The maximum Gasteiger partial charge on any atom is 0.303 e. The maximum absolute atomic E-state index is 11.3. The fraction of sp³-hybridized carbons (Fsp3) is 0.455. The molecule has 15 heavy (non-hydrogen) atoms. The van der Waals surface area contributed by atoms with Crippen LogP contribution in [0.4, 0.5) is 0 Å². The fourth-order valence-electron chi connectivity index (χ4n) is 1.44. The van der Waals surface area contributed by atoms with Crippen molar-refractivity contribution in [3.63, 3.8) is 0 Å². The Morgan fingerprint density at radius 1 is 1.53 bits per heavy atom. The molecule has 4 heteroatoms. The van der Waals surface area contributed by atoms with Crippen molar-refractivity contribution in [1.29, 1.82) is 0 Å². The number of carbonyl (C=O) groups is 2. The van der Waals surface area contributed by atoms with Crippen LogP contribution < -0.4 is 5.32 Å². The molecule has 1 aliphatic rings. The fourth-order valence-corrected chi connectivity index (χ4v) is 1.44. The number of nitrogens with one attached hydrogen (secondary N) is 1. The largest absolute Gasteiger partial charge is 0.481 e. The van der Waals surface area contributed by atoms with E-state index in [9.17, 15) is 9.59 Å². The average Bonchev–Trinajstić information content (AvgIpc) is 2.15. The first kappa shape index (κ1) is 11.5. The summed E-state index contributed by atoms with van der Waals surface area (Å²) in [6, 6.07) is 0.0105. The maximum atomic E-state index is 11.3. The van der Waals surface area contributed by atoms with Gasteiger partial charge in [-0.25, -0.2) is 0 Å². The van der Waals surface area contributed by atoms with Gasteiger partial charge in [0.1, 0.15) is 0 Å². The van der Waals surface area contributed by atoms with Crippen molar-refractivity contribution in [1.82, 2.24) is 5.32 Å². The van der Waals surface area contributed by atoms with Gasteiger partial charge in [-0.1, -0.05) is 23.8 Å². The predicted octanol–water partition coefficient (Wildman–Crippen LogP) is 1.24. The first-order chi connectivity index (χ1) is 7.08. The number of hydrogen-bond donors (Lipinski definition) is 2. The highest BCUT2D eigenvalue weighted by molar-refractivity contribution is 5.81. The van der Waals surface area contributed by atoms with Crippen LogP contribution in [0.25, 0.3) is 0 Å². The lowest BCUT2D eigenvalue weighted by Crippen LogP contribution is -2.34. The highest BCUT2D eigenvalue weighted by atomic mass is 16.4. The van der Waals surface area contributed by atoms with Crippen LogP contribution >= 0.6 is 0 Å². The van der Waals surface area contributed by atoms with Gasteiger partial charge in [0.05, 0.1) is 12.5 Å². The minimum atomic E-state index is -0.944. The Bertz CT molecular complexity index is 318. The van der Waals surface area contributed by atoms with E-state index >= 15 is 0 Å². The van der Waals surface area contributed by atoms with Gasteiger partial charge < -0.3 is 10.4 Å². The third kappa shape index (κ3) is 4.44. The zero-order chi connectivity index (χ0) is 11.3. The highest BCUT2D eigenvalue weighted by Gasteiger charge is 2.11. The monoisotopic (exact) mass is 209 g/mol. The van der Waals surface area contributed by atoms with Crippen LogP contribution in [-0.4, -0.2) is 23.0 Å². The molecule has 2 N–H and O–H groups in total. The van der Waals surface area contributed by atoms with Crippen LogP contribution in [-0.2, 0) is 9.59 Å². The number of rotatable bonds is 4. The molecular formula is C11H15NO3. The second-order valence-corrected chi connectivity index (χ2v) is 3.62. The van der Waals surface area contributed by atoms with Gasteiger partial charge >= 0.3 is 5.97 Å². The van der Waals surface area contributed by atoms with E-state index in [1.165, 1.54) is 0 Å². The third-order valence-electron chi connectivity index (χ3n) is 2.15. The zero-order valence-corrected chi connectivity index (χ0v) is 8.69. The summed E-state index contributed by atoms with van der Waals surface area (Å²) in [7, 11) is 0. The Morgan fingerprint density at radius 2 is 2.27 bits per heavy atom. The Morgan fingerprint density at radius 3 is 2.87 bits per heavy atom. The summed E-state index contributed by atoms with van der Waals surface area (Å²) in [6.07, 6.45) is 6.67. The van der Waals surface area contributed by atoms with Gasteiger partial charge in [-0.2, -0.15) is 0 Å². The number of allylic oxidation sites excluding steroid dienone is 2. The van der Waals surface area contributed by atoms with Crippen molar-refractivity contribution in [3.8, 4) is 0 Å². The standard InChI is InChI=1S/C11H15NO3/c1-8-3-2-4-9(7-8)12-10(13)5-6-11(14)15/h2-3,7,9H,4-6H2,1H3,(H,12,13)(H,14,15). The lowest BCUT2D eigenvalue weighted by atomic mass is 10.0. The van der Waals surface area contributed by atoms with Gasteiger partial charge in [0.25, 0.3) is 0 Å². The molecule has 0 fully saturated rings. The molecule has 0 heterocycles. The minimum Gasteiger partial charge on any atom is -0.481 e. The molecule has 0 spiro atoms. The molecule has 82 valence electrons. The van der Waals surface area contributed by atoms with E-state index in [0.717, 1.165) is 12.0 Å². The van der Waals surface area contributed by atoms with E-state index in [4.69, 9.17) is 5.11 Å². The van der Waals surface area contributed by atoms with Crippen molar-refractivity contribution >= 4 is 11.9 Å². The molecule has 4 nitrogen and oxygen atoms in total. The average molecular weight is 209 g/mol. The zero-order valence-electron chi connectivity index (χ0n) is 8.69. The molecule has 0 saturated heterocycles. The number of aliphatic carboxylic acids is 1. The van der Waals surface area contributed by atoms with E-state index in [-0.39, 0.29) is 24.8 Å². The van der Waals surface area contributed by atoms with Gasteiger partial charge in [0, 0.05) is 6.42 Å². The Balaban J connectivity index is 2.32. The first-order valence-corrected chi connectivity index (χ1v) is 4.94. The summed E-state index contributed by atoms with van der Waals surface area (Å²) in [5.74, 6) is -1.15. The topological polar surface area (TPSA) is 66.4 Å². The molecule has 0 radical (unpaired) electrons. The van der Waals surface area contributed by atoms with Crippen molar-refractivity contribution in [3.05, 3.63) is 23.8 Å². The predicted molar refractivity (Wildman–Crippen MR) is 56.3 cm³/mol. The van der Waals surface area contributed by atoms with Crippen LogP contribution in [0.3, 0.4) is 0 Å². The van der Waals surface area contributed by atoms with E-state index in [2.05, 4.69) is 5.32 Å². The van der Waals surface area contributed by atoms with Crippen LogP contribution in [0, 0.1) is 0 Å². The second kappa shape index (κ2) is 5.34. The quantitative estimate of drug-likeness (QED) is 0.732. The molecule has 0 aromatic carbocycles. The smallest absolute Gasteiger partial charge is 0.303 e. The van der Waals surface area contributed by atoms with Gasteiger partial charge in [-0.05, 0) is 13.3 Å². The molecule has 0 aliphatic heterocycles. The number of carboxylic acids is 1. The van der Waals surface area contributed by atoms with Crippen molar-refractivity contribution in [2.24, 2.45) is 0 Å². The van der Waals surface area contributed by atoms with Crippen LogP contribution in [0.2, 0.25) is 0 Å². The van der Waals surface area contributed by atoms with E-state index in [1.54, 1.807) is 0 Å². The highest BCUT2D eigenvalue weighted by Crippen LogP contribution is 2.09. The van der Waals surface area contributed by atoms with Crippen LogP contribution in [0.15, 0.2) is 23.8 Å². The number of carboxylic acid groups (broad SMARTS) is 1. The second-order valence-electron chi connectivity index (χ2n) is 3.62. The normalized spacial score (nSPS) is 19.5. The van der Waals surface area contributed by atoms with Crippen molar-refractivity contribution in [2.75, 3.05) is 0 Å². The molecule has 0 saturated carbocycles. The number of amides is 1.